The van der Waals surface area contributed by atoms with E-state index in [0.717, 1.165) is 39.3 Å². The van der Waals surface area contributed by atoms with Crippen molar-refractivity contribution in [2.24, 2.45) is 0 Å². The van der Waals surface area contributed by atoms with E-state index in [1.54, 1.807) is 0 Å². The molecule has 1 aromatic heterocycles. The Morgan fingerprint density at radius 1 is 1.47 bits per heavy atom. The summed E-state index contributed by atoms with van der Waals surface area (Å²) >= 11 is 0. The number of rotatable bonds is 2. The molecule has 0 unspecified atom stereocenters. The second kappa shape index (κ2) is 3.61. The third-order valence-corrected chi connectivity index (χ3v) is 3.38. The molecule has 1 fully saturated rings. The van der Waals surface area contributed by atoms with E-state index < -0.39 is 0 Å². The first kappa shape index (κ1) is 9.36. The predicted octanol–water partition coefficient (Wildman–Crippen LogP) is 0.660. The quantitative estimate of drug-likeness (QED) is 0.713. The molecule has 0 bridgehead atoms. The summed E-state index contributed by atoms with van der Waals surface area (Å²) in [4.78, 5) is 2.51. The average molecular weight is 207 g/mol. The van der Waals surface area contributed by atoms with Crippen LogP contribution in [0.2, 0.25) is 0 Å². The normalized spacial score (nSPS) is 22.5. The van der Waals surface area contributed by atoms with Gasteiger partial charge < -0.3 is 4.74 Å². The van der Waals surface area contributed by atoms with Gasteiger partial charge in [0.25, 0.3) is 0 Å². The lowest BCUT2D eigenvalue weighted by Gasteiger charge is -2.39. The summed E-state index contributed by atoms with van der Waals surface area (Å²) < 4.78 is 7.40. The molecule has 4 heteroatoms. The Morgan fingerprint density at radius 2 is 2.33 bits per heavy atom. The standard InChI is InChI=1S/C11H17N3O/c1-2-9-5-10-6-13(11-7-15-8-11)3-4-14(10)12-9/h5,11H,2-4,6-8H2,1H3. The molecule has 0 amide bonds. The SMILES string of the molecule is CCc1cc2n(n1)CCN(C1COC1)C2. The van der Waals surface area contributed by atoms with Crippen LogP contribution in [0.3, 0.4) is 0 Å². The highest BCUT2D eigenvalue weighted by Crippen LogP contribution is 2.19. The lowest BCUT2D eigenvalue weighted by Crippen LogP contribution is -2.51. The van der Waals surface area contributed by atoms with Gasteiger partial charge in [-0.1, -0.05) is 6.92 Å². The Morgan fingerprint density at radius 3 is 3.00 bits per heavy atom. The second-order valence-electron chi connectivity index (χ2n) is 4.37. The highest BCUT2D eigenvalue weighted by atomic mass is 16.5. The fourth-order valence-corrected chi connectivity index (χ4v) is 2.26. The predicted molar refractivity (Wildman–Crippen MR) is 56.6 cm³/mol. The van der Waals surface area contributed by atoms with Crippen LogP contribution in [-0.2, 0) is 24.2 Å². The smallest absolute Gasteiger partial charge is 0.0645 e. The third-order valence-electron chi connectivity index (χ3n) is 3.38. The van der Waals surface area contributed by atoms with Gasteiger partial charge in [-0.05, 0) is 12.5 Å². The minimum Gasteiger partial charge on any atom is -0.378 e. The van der Waals surface area contributed by atoms with Crippen LogP contribution in [0.1, 0.15) is 18.3 Å². The summed E-state index contributed by atoms with van der Waals surface area (Å²) in [6.45, 7) is 7.17. The first-order valence-corrected chi connectivity index (χ1v) is 5.74. The van der Waals surface area contributed by atoms with Gasteiger partial charge >= 0.3 is 0 Å². The Hall–Kier alpha value is -0.870. The van der Waals surface area contributed by atoms with Crippen molar-refractivity contribution in [1.29, 1.82) is 0 Å². The van der Waals surface area contributed by atoms with E-state index in [2.05, 4.69) is 27.7 Å². The zero-order valence-corrected chi connectivity index (χ0v) is 9.15. The maximum absolute atomic E-state index is 5.24. The van der Waals surface area contributed by atoms with E-state index in [1.165, 1.54) is 11.4 Å². The molecule has 3 rings (SSSR count). The van der Waals surface area contributed by atoms with Crippen LogP contribution < -0.4 is 0 Å². The van der Waals surface area contributed by atoms with Crippen molar-refractivity contribution in [3.8, 4) is 0 Å². The third kappa shape index (κ3) is 1.58. The number of aromatic nitrogens is 2. The van der Waals surface area contributed by atoms with Crippen molar-refractivity contribution in [2.45, 2.75) is 32.5 Å². The number of ether oxygens (including phenoxy) is 1. The molecule has 0 radical (unpaired) electrons. The second-order valence-corrected chi connectivity index (χ2v) is 4.37. The van der Waals surface area contributed by atoms with Crippen molar-refractivity contribution in [3.05, 3.63) is 17.5 Å². The summed E-state index contributed by atoms with van der Waals surface area (Å²) in [7, 11) is 0. The summed E-state index contributed by atoms with van der Waals surface area (Å²) in [5.41, 5.74) is 2.58. The van der Waals surface area contributed by atoms with Crippen LogP contribution in [0.5, 0.6) is 0 Å². The molecule has 2 aliphatic heterocycles. The summed E-state index contributed by atoms with van der Waals surface area (Å²) in [6, 6.07) is 2.89. The first-order chi connectivity index (χ1) is 7.36. The highest BCUT2D eigenvalue weighted by Gasteiger charge is 2.29. The molecule has 0 N–H and O–H groups in total. The van der Waals surface area contributed by atoms with E-state index in [1.807, 2.05) is 0 Å². The van der Waals surface area contributed by atoms with Crippen molar-refractivity contribution < 1.29 is 4.74 Å². The maximum Gasteiger partial charge on any atom is 0.0645 e. The van der Waals surface area contributed by atoms with Gasteiger partial charge in [0.05, 0.1) is 37.2 Å². The van der Waals surface area contributed by atoms with Crippen LogP contribution in [0.15, 0.2) is 6.07 Å². The Kier molecular flexibility index (Phi) is 2.25. The molecule has 0 atom stereocenters. The van der Waals surface area contributed by atoms with Crippen LogP contribution in [0.4, 0.5) is 0 Å². The molecule has 1 aromatic rings. The van der Waals surface area contributed by atoms with Gasteiger partial charge in [-0.15, -0.1) is 0 Å². The average Bonchev–Trinajstić information content (AvgIpc) is 2.57. The van der Waals surface area contributed by atoms with Crippen molar-refractivity contribution in [2.75, 3.05) is 19.8 Å². The Balaban J connectivity index is 1.76. The summed E-state index contributed by atoms with van der Waals surface area (Å²) in [5, 5.41) is 4.57. The van der Waals surface area contributed by atoms with E-state index in [0.29, 0.717) is 6.04 Å². The van der Waals surface area contributed by atoms with Crippen molar-refractivity contribution >= 4 is 0 Å². The van der Waals surface area contributed by atoms with Crippen LogP contribution in [-0.4, -0.2) is 40.5 Å². The number of hydrogen-bond acceptors (Lipinski definition) is 3. The monoisotopic (exact) mass is 207 g/mol. The topological polar surface area (TPSA) is 30.3 Å². The number of nitrogens with zero attached hydrogens (tertiary/aromatic N) is 3. The molecule has 3 heterocycles. The minimum atomic E-state index is 0.652. The van der Waals surface area contributed by atoms with Gasteiger partial charge in [-0.2, -0.15) is 5.10 Å². The first-order valence-electron chi connectivity index (χ1n) is 5.74. The number of hydrogen-bond donors (Lipinski definition) is 0. The molecular weight excluding hydrogens is 190 g/mol. The summed E-state index contributed by atoms with van der Waals surface area (Å²) in [6.07, 6.45) is 1.03. The van der Waals surface area contributed by atoms with E-state index in [4.69, 9.17) is 4.74 Å². The molecule has 15 heavy (non-hydrogen) atoms. The highest BCUT2D eigenvalue weighted by molar-refractivity contribution is 5.12. The van der Waals surface area contributed by atoms with Gasteiger partial charge in [0.15, 0.2) is 0 Å². The lowest BCUT2D eigenvalue weighted by atomic mass is 10.1. The van der Waals surface area contributed by atoms with Crippen molar-refractivity contribution in [3.63, 3.8) is 0 Å². The van der Waals surface area contributed by atoms with Gasteiger partial charge in [0.2, 0.25) is 0 Å². The number of fused-ring (bicyclic) bond motifs is 1. The molecule has 0 spiro atoms. The van der Waals surface area contributed by atoms with Gasteiger partial charge in [-0.3, -0.25) is 9.58 Å². The molecule has 2 aliphatic rings. The largest absolute Gasteiger partial charge is 0.378 e. The molecule has 0 aliphatic carbocycles. The van der Waals surface area contributed by atoms with E-state index >= 15 is 0 Å². The van der Waals surface area contributed by atoms with E-state index in [-0.39, 0.29) is 0 Å². The zero-order valence-electron chi connectivity index (χ0n) is 9.15. The Bertz CT molecular complexity index is 357. The Labute approximate surface area is 89.8 Å². The minimum absolute atomic E-state index is 0.652. The molecule has 82 valence electrons. The molecule has 0 saturated carbocycles. The van der Waals surface area contributed by atoms with Crippen LogP contribution in [0.25, 0.3) is 0 Å². The van der Waals surface area contributed by atoms with Gasteiger partial charge in [-0.25, -0.2) is 0 Å². The fourth-order valence-electron chi connectivity index (χ4n) is 2.26. The molecular formula is C11H17N3O. The summed E-state index contributed by atoms with van der Waals surface area (Å²) in [5.74, 6) is 0. The van der Waals surface area contributed by atoms with Crippen molar-refractivity contribution in [1.82, 2.24) is 14.7 Å². The van der Waals surface area contributed by atoms with Crippen LogP contribution in [0, 0.1) is 0 Å². The molecule has 0 aromatic carbocycles. The van der Waals surface area contributed by atoms with Gasteiger partial charge in [0.1, 0.15) is 0 Å². The van der Waals surface area contributed by atoms with Crippen LogP contribution >= 0.6 is 0 Å². The number of aryl methyl sites for hydroxylation is 1. The molecule has 4 nitrogen and oxygen atoms in total. The lowest BCUT2D eigenvalue weighted by molar-refractivity contribution is -0.0735. The maximum atomic E-state index is 5.24. The molecule has 1 saturated heterocycles. The van der Waals surface area contributed by atoms with Gasteiger partial charge in [0, 0.05) is 13.1 Å². The zero-order chi connectivity index (χ0) is 10.3. The van der Waals surface area contributed by atoms with E-state index in [9.17, 15) is 0 Å². The fraction of sp³-hybridized carbons (Fsp3) is 0.727.